The molecule has 5 nitrogen and oxygen atoms in total. The molecule has 2 aliphatic rings. The molecule has 31 heavy (non-hydrogen) atoms. The summed E-state index contributed by atoms with van der Waals surface area (Å²) in [6, 6.07) is 24.0. The topological polar surface area (TPSA) is 48.5 Å². The van der Waals surface area contributed by atoms with Crippen LogP contribution in [0.3, 0.4) is 0 Å². The number of piperazine rings is 1. The summed E-state index contributed by atoms with van der Waals surface area (Å²) in [5.74, 6) is 0.585. The fourth-order valence-corrected chi connectivity index (χ4v) is 5.03. The number of hydrogen-bond acceptors (Lipinski definition) is 4. The van der Waals surface area contributed by atoms with Gasteiger partial charge in [-0.15, -0.1) is 0 Å². The van der Waals surface area contributed by atoms with Crippen molar-refractivity contribution in [3.63, 3.8) is 0 Å². The fourth-order valence-electron chi connectivity index (χ4n) is 5.03. The SMILES string of the molecule is CN(C)C(=O)c1cccc(-c2ccc(C3[C@H]4CNC[C@@H]3N4Cc3ccccn3)cc2)c1. The van der Waals surface area contributed by atoms with Gasteiger partial charge in [0.05, 0.1) is 5.69 Å². The Hall–Kier alpha value is -3.02. The largest absolute Gasteiger partial charge is 0.345 e. The monoisotopic (exact) mass is 412 g/mol. The Kier molecular flexibility index (Phi) is 5.30. The highest BCUT2D eigenvalue weighted by atomic mass is 16.2. The van der Waals surface area contributed by atoms with Gasteiger partial charge in [-0.2, -0.15) is 0 Å². The van der Waals surface area contributed by atoms with Crippen molar-refractivity contribution in [2.75, 3.05) is 27.2 Å². The second-order valence-corrected chi connectivity index (χ2v) is 8.71. The van der Waals surface area contributed by atoms with E-state index in [1.165, 1.54) is 5.56 Å². The van der Waals surface area contributed by atoms with Crippen LogP contribution in [0.5, 0.6) is 0 Å². The number of pyridine rings is 1. The number of nitrogens with zero attached hydrogens (tertiary/aromatic N) is 3. The van der Waals surface area contributed by atoms with Gasteiger partial charge in [0, 0.05) is 63.5 Å². The molecule has 1 unspecified atom stereocenters. The summed E-state index contributed by atoms with van der Waals surface area (Å²) in [6.07, 6.45) is 1.88. The molecule has 0 radical (unpaired) electrons. The number of fused-ring (bicyclic) bond motifs is 2. The molecule has 1 amide bonds. The molecule has 3 atom stereocenters. The van der Waals surface area contributed by atoms with E-state index in [0.717, 1.165) is 42.0 Å². The van der Waals surface area contributed by atoms with Gasteiger partial charge < -0.3 is 10.2 Å². The Bertz CT molecular complexity index is 1050. The number of likely N-dealkylation sites (tertiary alicyclic amines) is 1. The van der Waals surface area contributed by atoms with Gasteiger partial charge in [-0.1, -0.05) is 42.5 Å². The first-order valence-corrected chi connectivity index (χ1v) is 10.9. The third-order valence-electron chi connectivity index (χ3n) is 6.60. The standard InChI is InChI=1S/C26H28N4O/c1-29(2)26(31)21-7-5-6-20(14-21)18-9-11-19(12-10-18)25-23-15-27-16-24(25)30(23)17-22-8-3-4-13-28-22/h3-14,23-25,27H,15-17H2,1-2H3/t23-,24+,25?. The maximum Gasteiger partial charge on any atom is 0.253 e. The maximum atomic E-state index is 12.3. The summed E-state index contributed by atoms with van der Waals surface area (Å²) in [4.78, 5) is 21.0. The molecule has 3 heterocycles. The van der Waals surface area contributed by atoms with Crippen LogP contribution < -0.4 is 5.32 Å². The van der Waals surface area contributed by atoms with Crippen LogP contribution in [0.4, 0.5) is 0 Å². The number of benzene rings is 2. The molecule has 2 saturated heterocycles. The fraction of sp³-hybridized carbons (Fsp3) is 0.308. The predicted octanol–water partition coefficient (Wildman–Crippen LogP) is 3.39. The molecule has 2 bridgehead atoms. The first-order chi connectivity index (χ1) is 15.1. The highest BCUT2D eigenvalue weighted by molar-refractivity contribution is 5.95. The molecule has 2 aromatic carbocycles. The van der Waals surface area contributed by atoms with Crippen molar-refractivity contribution in [1.29, 1.82) is 0 Å². The molecule has 1 aromatic heterocycles. The zero-order chi connectivity index (χ0) is 21.4. The van der Waals surface area contributed by atoms with E-state index in [9.17, 15) is 4.79 Å². The Balaban J connectivity index is 1.33. The number of carbonyl (C=O) groups excluding carboxylic acids is 1. The van der Waals surface area contributed by atoms with E-state index in [4.69, 9.17) is 0 Å². The van der Waals surface area contributed by atoms with Crippen LogP contribution in [-0.2, 0) is 6.54 Å². The quantitative estimate of drug-likeness (QED) is 0.698. The van der Waals surface area contributed by atoms with Gasteiger partial charge in [-0.05, 0) is 41.0 Å². The van der Waals surface area contributed by atoms with Crippen molar-refractivity contribution in [3.05, 3.63) is 89.7 Å². The molecule has 5 rings (SSSR count). The molecule has 2 fully saturated rings. The van der Waals surface area contributed by atoms with Crippen molar-refractivity contribution < 1.29 is 4.79 Å². The number of nitrogens with one attached hydrogen (secondary N) is 1. The van der Waals surface area contributed by atoms with Crippen molar-refractivity contribution in [3.8, 4) is 11.1 Å². The van der Waals surface area contributed by atoms with Crippen molar-refractivity contribution in [2.24, 2.45) is 0 Å². The summed E-state index contributed by atoms with van der Waals surface area (Å²) >= 11 is 0. The van der Waals surface area contributed by atoms with Crippen LogP contribution in [-0.4, -0.2) is 60.0 Å². The lowest BCUT2D eigenvalue weighted by Gasteiger charge is -2.59. The zero-order valence-electron chi connectivity index (χ0n) is 18.0. The highest BCUT2D eigenvalue weighted by Crippen LogP contribution is 2.43. The summed E-state index contributed by atoms with van der Waals surface area (Å²) in [5, 5.41) is 3.56. The lowest BCUT2D eigenvalue weighted by Crippen LogP contribution is -2.72. The van der Waals surface area contributed by atoms with Gasteiger partial charge >= 0.3 is 0 Å². The van der Waals surface area contributed by atoms with Crippen molar-refractivity contribution in [2.45, 2.75) is 24.5 Å². The van der Waals surface area contributed by atoms with E-state index in [1.807, 2.05) is 30.5 Å². The van der Waals surface area contributed by atoms with Gasteiger partial charge in [0.25, 0.3) is 5.91 Å². The number of piperidine rings is 1. The zero-order valence-corrected chi connectivity index (χ0v) is 18.0. The normalized spacial score (nSPS) is 22.6. The van der Waals surface area contributed by atoms with E-state index in [2.05, 4.69) is 57.7 Å². The van der Waals surface area contributed by atoms with Gasteiger partial charge in [0.15, 0.2) is 0 Å². The van der Waals surface area contributed by atoms with E-state index in [0.29, 0.717) is 18.0 Å². The lowest BCUT2D eigenvalue weighted by molar-refractivity contribution is -0.0491. The summed E-state index contributed by atoms with van der Waals surface area (Å²) < 4.78 is 0. The molecule has 0 spiro atoms. The maximum absolute atomic E-state index is 12.3. The number of aromatic nitrogens is 1. The molecule has 5 heteroatoms. The molecule has 3 aromatic rings. The Labute approximate surface area is 183 Å². The number of hydrogen-bond donors (Lipinski definition) is 1. The van der Waals surface area contributed by atoms with E-state index in [1.54, 1.807) is 19.0 Å². The van der Waals surface area contributed by atoms with E-state index < -0.39 is 0 Å². The summed E-state index contributed by atoms with van der Waals surface area (Å²) in [6.45, 7) is 2.95. The minimum Gasteiger partial charge on any atom is -0.345 e. The Morgan fingerprint density at radius 3 is 2.45 bits per heavy atom. The van der Waals surface area contributed by atoms with Crippen LogP contribution in [0, 0.1) is 0 Å². The van der Waals surface area contributed by atoms with Gasteiger partial charge in [0.2, 0.25) is 0 Å². The smallest absolute Gasteiger partial charge is 0.253 e. The minimum absolute atomic E-state index is 0.0289. The first kappa shape index (κ1) is 19.9. The minimum atomic E-state index is 0.0289. The van der Waals surface area contributed by atoms with Crippen molar-refractivity contribution >= 4 is 5.91 Å². The lowest BCUT2D eigenvalue weighted by atomic mass is 9.72. The van der Waals surface area contributed by atoms with Crippen LogP contribution in [0.2, 0.25) is 0 Å². The third kappa shape index (κ3) is 3.75. The van der Waals surface area contributed by atoms with E-state index >= 15 is 0 Å². The summed E-state index contributed by atoms with van der Waals surface area (Å²) in [7, 11) is 3.57. The number of carbonyl (C=O) groups is 1. The second-order valence-electron chi connectivity index (χ2n) is 8.71. The third-order valence-corrected chi connectivity index (χ3v) is 6.60. The van der Waals surface area contributed by atoms with Gasteiger partial charge in [-0.3, -0.25) is 14.7 Å². The Morgan fingerprint density at radius 1 is 1.00 bits per heavy atom. The molecule has 2 aliphatic heterocycles. The second kappa shape index (κ2) is 8.25. The molecular formula is C26H28N4O. The first-order valence-electron chi connectivity index (χ1n) is 10.9. The highest BCUT2D eigenvalue weighted by Gasteiger charge is 2.51. The van der Waals surface area contributed by atoms with Gasteiger partial charge in [-0.25, -0.2) is 0 Å². The van der Waals surface area contributed by atoms with Crippen LogP contribution in [0.1, 0.15) is 27.5 Å². The van der Waals surface area contributed by atoms with Crippen LogP contribution in [0.25, 0.3) is 11.1 Å². The van der Waals surface area contributed by atoms with Crippen LogP contribution >= 0.6 is 0 Å². The average Bonchev–Trinajstić information content (AvgIpc) is 2.83. The van der Waals surface area contributed by atoms with Gasteiger partial charge in [0.1, 0.15) is 0 Å². The summed E-state index contributed by atoms with van der Waals surface area (Å²) in [5.41, 5.74) is 5.48. The average molecular weight is 413 g/mol. The van der Waals surface area contributed by atoms with Crippen LogP contribution in [0.15, 0.2) is 72.9 Å². The molecular weight excluding hydrogens is 384 g/mol. The number of rotatable bonds is 5. The van der Waals surface area contributed by atoms with E-state index in [-0.39, 0.29) is 5.91 Å². The number of amides is 1. The van der Waals surface area contributed by atoms with Crippen molar-refractivity contribution in [1.82, 2.24) is 20.1 Å². The molecule has 1 N–H and O–H groups in total. The molecule has 158 valence electrons. The Morgan fingerprint density at radius 2 is 1.77 bits per heavy atom. The molecule has 0 aliphatic carbocycles. The molecule has 0 saturated carbocycles. The predicted molar refractivity (Wildman–Crippen MR) is 123 cm³/mol.